The highest BCUT2D eigenvalue weighted by molar-refractivity contribution is 6.32. The van der Waals surface area contributed by atoms with Gasteiger partial charge in [0, 0.05) is 18.8 Å². The summed E-state index contributed by atoms with van der Waals surface area (Å²) in [5, 5.41) is 3.51. The van der Waals surface area contributed by atoms with Crippen LogP contribution in [0, 0.1) is 5.82 Å². The zero-order valence-corrected chi connectivity index (χ0v) is 12.0. The Hall–Kier alpha value is -1.65. The standard InChI is InChI=1S/C15H16ClFN2O/c1-2-7-18-9-11-3-6-15(19-10-11)20-14-5-4-12(17)8-13(14)16/h3-6,8,10,18H,2,7,9H2,1H3. The lowest BCUT2D eigenvalue weighted by Crippen LogP contribution is -2.13. The number of hydrogen-bond acceptors (Lipinski definition) is 3. The molecule has 1 aromatic carbocycles. The molecule has 0 saturated carbocycles. The minimum atomic E-state index is -0.396. The van der Waals surface area contributed by atoms with Gasteiger partial charge in [0.2, 0.25) is 5.88 Å². The second-order valence-electron chi connectivity index (χ2n) is 4.36. The van der Waals surface area contributed by atoms with E-state index in [2.05, 4.69) is 17.2 Å². The minimum absolute atomic E-state index is 0.223. The number of benzene rings is 1. The smallest absolute Gasteiger partial charge is 0.219 e. The molecule has 0 bridgehead atoms. The first kappa shape index (κ1) is 14.8. The maximum atomic E-state index is 12.9. The van der Waals surface area contributed by atoms with Crippen LogP contribution in [-0.4, -0.2) is 11.5 Å². The third-order valence-electron chi connectivity index (χ3n) is 2.66. The Morgan fingerprint density at radius 2 is 2.15 bits per heavy atom. The average Bonchev–Trinajstić information content (AvgIpc) is 2.44. The van der Waals surface area contributed by atoms with Crippen LogP contribution in [-0.2, 0) is 6.54 Å². The molecule has 20 heavy (non-hydrogen) atoms. The molecule has 0 radical (unpaired) electrons. The van der Waals surface area contributed by atoms with Crippen molar-refractivity contribution in [1.29, 1.82) is 0 Å². The number of nitrogens with one attached hydrogen (secondary N) is 1. The summed E-state index contributed by atoms with van der Waals surface area (Å²) in [5.74, 6) is 0.419. The summed E-state index contributed by atoms with van der Waals surface area (Å²) in [6.45, 7) is 3.87. The molecule has 0 atom stereocenters. The summed E-state index contributed by atoms with van der Waals surface area (Å²) in [6, 6.07) is 7.69. The molecule has 0 amide bonds. The van der Waals surface area contributed by atoms with Crippen LogP contribution in [0.3, 0.4) is 0 Å². The van der Waals surface area contributed by atoms with Crippen LogP contribution >= 0.6 is 11.6 Å². The molecule has 106 valence electrons. The molecular formula is C15H16ClFN2O. The number of hydrogen-bond donors (Lipinski definition) is 1. The number of aromatic nitrogens is 1. The van der Waals surface area contributed by atoms with Crippen molar-refractivity contribution in [2.24, 2.45) is 0 Å². The van der Waals surface area contributed by atoms with E-state index in [-0.39, 0.29) is 5.02 Å². The van der Waals surface area contributed by atoms with Gasteiger partial charge in [-0.3, -0.25) is 0 Å². The fourth-order valence-electron chi connectivity index (χ4n) is 1.66. The topological polar surface area (TPSA) is 34.1 Å². The molecule has 1 heterocycles. The van der Waals surface area contributed by atoms with E-state index < -0.39 is 5.82 Å². The quantitative estimate of drug-likeness (QED) is 0.812. The van der Waals surface area contributed by atoms with Gasteiger partial charge in [0.25, 0.3) is 0 Å². The molecule has 1 N–H and O–H groups in total. The van der Waals surface area contributed by atoms with Crippen molar-refractivity contribution in [3.8, 4) is 11.6 Å². The van der Waals surface area contributed by atoms with Crippen molar-refractivity contribution in [3.63, 3.8) is 0 Å². The first-order valence-electron chi connectivity index (χ1n) is 6.47. The molecule has 0 aliphatic heterocycles. The van der Waals surface area contributed by atoms with Gasteiger partial charge >= 0.3 is 0 Å². The third kappa shape index (κ3) is 4.18. The van der Waals surface area contributed by atoms with Crippen LogP contribution in [0.15, 0.2) is 36.5 Å². The molecule has 1 aromatic heterocycles. The van der Waals surface area contributed by atoms with E-state index in [1.54, 1.807) is 12.3 Å². The fraction of sp³-hybridized carbons (Fsp3) is 0.267. The second-order valence-corrected chi connectivity index (χ2v) is 4.77. The number of ether oxygens (including phenoxy) is 1. The second kappa shape index (κ2) is 7.22. The van der Waals surface area contributed by atoms with Crippen molar-refractivity contribution in [1.82, 2.24) is 10.3 Å². The molecular weight excluding hydrogens is 279 g/mol. The maximum absolute atomic E-state index is 12.9. The molecule has 0 aliphatic rings. The number of halogens is 2. The van der Waals surface area contributed by atoms with E-state index in [1.165, 1.54) is 18.2 Å². The Labute approximate surface area is 122 Å². The highest BCUT2D eigenvalue weighted by Gasteiger charge is 2.05. The molecule has 0 fully saturated rings. The van der Waals surface area contributed by atoms with Crippen molar-refractivity contribution in [3.05, 3.63) is 52.9 Å². The summed E-state index contributed by atoms with van der Waals surface area (Å²) < 4.78 is 18.4. The predicted molar refractivity (Wildman–Crippen MR) is 77.7 cm³/mol. The zero-order chi connectivity index (χ0) is 14.4. The van der Waals surface area contributed by atoms with Gasteiger partial charge in [-0.1, -0.05) is 24.6 Å². The summed E-state index contributed by atoms with van der Waals surface area (Å²) in [6.07, 6.45) is 2.84. The van der Waals surface area contributed by atoms with Gasteiger partial charge in [0.05, 0.1) is 5.02 Å². The van der Waals surface area contributed by atoms with Crippen LogP contribution in [0.1, 0.15) is 18.9 Å². The lowest BCUT2D eigenvalue weighted by Gasteiger charge is -2.08. The van der Waals surface area contributed by atoms with Crippen molar-refractivity contribution in [2.75, 3.05) is 6.54 Å². The maximum Gasteiger partial charge on any atom is 0.219 e. The van der Waals surface area contributed by atoms with E-state index in [4.69, 9.17) is 16.3 Å². The van der Waals surface area contributed by atoms with Crippen molar-refractivity contribution in [2.45, 2.75) is 19.9 Å². The number of rotatable bonds is 6. The van der Waals surface area contributed by atoms with Crippen LogP contribution in [0.25, 0.3) is 0 Å². The molecule has 3 nitrogen and oxygen atoms in total. The first-order valence-corrected chi connectivity index (χ1v) is 6.85. The molecule has 0 spiro atoms. The average molecular weight is 295 g/mol. The molecule has 2 aromatic rings. The molecule has 5 heteroatoms. The highest BCUT2D eigenvalue weighted by Crippen LogP contribution is 2.28. The number of nitrogens with zero attached hydrogens (tertiary/aromatic N) is 1. The van der Waals surface area contributed by atoms with Gasteiger partial charge in [-0.25, -0.2) is 9.37 Å². The van der Waals surface area contributed by atoms with Gasteiger partial charge in [0.1, 0.15) is 11.6 Å². The lowest BCUT2D eigenvalue weighted by atomic mass is 10.3. The van der Waals surface area contributed by atoms with Gasteiger partial charge in [-0.15, -0.1) is 0 Å². The van der Waals surface area contributed by atoms with Crippen LogP contribution in [0.2, 0.25) is 5.02 Å². The monoisotopic (exact) mass is 294 g/mol. The summed E-state index contributed by atoms with van der Waals surface area (Å²) >= 11 is 5.89. The van der Waals surface area contributed by atoms with Crippen LogP contribution < -0.4 is 10.1 Å². The normalized spacial score (nSPS) is 10.6. The predicted octanol–water partition coefficient (Wildman–Crippen LogP) is 4.17. The Kier molecular flexibility index (Phi) is 5.32. The first-order chi connectivity index (χ1) is 9.69. The third-order valence-corrected chi connectivity index (χ3v) is 2.96. The molecule has 0 aliphatic carbocycles. The van der Waals surface area contributed by atoms with Gasteiger partial charge in [-0.2, -0.15) is 0 Å². The van der Waals surface area contributed by atoms with Gasteiger partial charge in [-0.05, 0) is 36.7 Å². The van der Waals surface area contributed by atoms with Crippen molar-refractivity contribution < 1.29 is 9.13 Å². The Morgan fingerprint density at radius 1 is 1.30 bits per heavy atom. The minimum Gasteiger partial charge on any atom is -0.437 e. The largest absolute Gasteiger partial charge is 0.437 e. The van der Waals surface area contributed by atoms with E-state index >= 15 is 0 Å². The van der Waals surface area contributed by atoms with Gasteiger partial charge in [0.15, 0.2) is 0 Å². The van der Waals surface area contributed by atoms with E-state index in [0.29, 0.717) is 11.6 Å². The number of pyridine rings is 1. The SMILES string of the molecule is CCCNCc1ccc(Oc2ccc(F)cc2Cl)nc1. The van der Waals surface area contributed by atoms with Crippen LogP contribution in [0.4, 0.5) is 4.39 Å². The Bertz CT molecular complexity index is 560. The molecule has 0 saturated heterocycles. The highest BCUT2D eigenvalue weighted by atomic mass is 35.5. The Morgan fingerprint density at radius 3 is 2.80 bits per heavy atom. The molecule has 0 unspecified atom stereocenters. The van der Waals surface area contributed by atoms with Crippen LogP contribution in [0.5, 0.6) is 11.6 Å². The van der Waals surface area contributed by atoms with Gasteiger partial charge < -0.3 is 10.1 Å². The van der Waals surface area contributed by atoms with E-state index in [1.807, 2.05) is 6.07 Å². The van der Waals surface area contributed by atoms with E-state index in [0.717, 1.165) is 25.1 Å². The summed E-state index contributed by atoms with van der Waals surface area (Å²) in [7, 11) is 0. The van der Waals surface area contributed by atoms with E-state index in [9.17, 15) is 4.39 Å². The molecule has 2 rings (SSSR count). The summed E-state index contributed by atoms with van der Waals surface area (Å²) in [5.41, 5.74) is 1.08. The lowest BCUT2D eigenvalue weighted by molar-refractivity contribution is 0.461. The zero-order valence-electron chi connectivity index (χ0n) is 11.2. The van der Waals surface area contributed by atoms with Crippen molar-refractivity contribution >= 4 is 11.6 Å². The summed E-state index contributed by atoms with van der Waals surface area (Å²) in [4.78, 5) is 4.20. The Balaban J connectivity index is 1.99. The fourth-order valence-corrected chi connectivity index (χ4v) is 1.86.